The van der Waals surface area contributed by atoms with Crippen molar-refractivity contribution in [3.8, 4) is 11.5 Å². The van der Waals surface area contributed by atoms with Crippen LogP contribution in [-0.4, -0.2) is 51.3 Å². The minimum absolute atomic E-state index is 0.294. The van der Waals surface area contributed by atoms with E-state index in [-0.39, 0.29) is 6.29 Å². The van der Waals surface area contributed by atoms with Crippen molar-refractivity contribution in [3.05, 3.63) is 29.5 Å². The zero-order chi connectivity index (χ0) is 20.5. The van der Waals surface area contributed by atoms with Gasteiger partial charge in [-0.2, -0.15) is 0 Å². The molecule has 7 heteroatoms. The molecule has 0 saturated heterocycles. The molecule has 0 bridgehead atoms. The van der Waals surface area contributed by atoms with Crippen LogP contribution in [-0.2, 0) is 20.6 Å². The summed E-state index contributed by atoms with van der Waals surface area (Å²) >= 11 is 0. The predicted molar refractivity (Wildman–Crippen MR) is 106 cm³/mol. The summed E-state index contributed by atoms with van der Waals surface area (Å²) in [6, 6.07) is 5.39. The van der Waals surface area contributed by atoms with E-state index in [0.29, 0.717) is 60.9 Å². The van der Waals surface area contributed by atoms with Gasteiger partial charge < -0.3 is 23.7 Å². The largest absolute Gasteiger partial charge is 0.493 e. The first kappa shape index (κ1) is 21.9. The molecule has 0 saturated carbocycles. The molecule has 2 rings (SSSR count). The van der Waals surface area contributed by atoms with E-state index in [4.69, 9.17) is 28.7 Å². The van der Waals surface area contributed by atoms with Gasteiger partial charge in [-0.15, -0.1) is 0 Å². The first-order valence-corrected chi connectivity index (χ1v) is 9.53. The number of nitrogens with zero attached hydrogens (tertiary/aromatic N) is 1. The fourth-order valence-electron chi connectivity index (χ4n) is 2.96. The molecule has 1 aromatic carbocycles. The molecule has 0 amide bonds. The van der Waals surface area contributed by atoms with Crippen molar-refractivity contribution in [2.24, 2.45) is 0 Å². The lowest BCUT2D eigenvalue weighted by atomic mass is 10.0. The number of aryl methyl sites for hydroxylation is 1. The van der Waals surface area contributed by atoms with Crippen molar-refractivity contribution in [1.29, 1.82) is 0 Å². The van der Waals surface area contributed by atoms with E-state index in [2.05, 4.69) is 0 Å². The summed E-state index contributed by atoms with van der Waals surface area (Å²) in [7, 11) is 3.14. The highest BCUT2D eigenvalue weighted by Gasteiger charge is 2.19. The Hall–Kier alpha value is -2.38. The average Bonchev–Trinajstić information content (AvgIpc) is 2.70. The van der Waals surface area contributed by atoms with E-state index in [1.807, 2.05) is 13.8 Å². The summed E-state index contributed by atoms with van der Waals surface area (Å²) in [5.41, 5.74) is 1.79. The monoisotopic (exact) mass is 391 g/mol. The highest BCUT2D eigenvalue weighted by atomic mass is 16.7. The van der Waals surface area contributed by atoms with E-state index in [1.165, 1.54) is 0 Å². The van der Waals surface area contributed by atoms with Gasteiger partial charge in [0.15, 0.2) is 17.8 Å². The average molecular weight is 391 g/mol. The Morgan fingerprint density at radius 2 is 1.61 bits per heavy atom. The van der Waals surface area contributed by atoms with E-state index >= 15 is 0 Å². The molecular formula is C21H29NO6. The van der Waals surface area contributed by atoms with Gasteiger partial charge in [0.2, 0.25) is 0 Å². The number of benzene rings is 1. The third kappa shape index (κ3) is 5.33. The smallest absolute Gasteiger partial charge is 0.340 e. The van der Waals surface area contributed by atoms with Gasteiger partial charge in [-0.05, 0) is 39.3 Å². The number of hydrogen-bond acceptors (Lipinski definition) is 7. The van der Waals surface area contributed by atoms with Crippen molar-refractivity contribution in [2.75, 3.05) is 34.0 Å². The van der Waals surface area contributed by atoms with Gasteiger partial charge in [-0.1, -0.05) is 0 Å². The molecule has 0 spiro atoms. The molecule has 1 aromatic heterocycles. The Labute approximate surface area is 165 Å². The molecule has 0 unspecified atom stereocenters. The maximum Gasteiger partial charge on any atom is 0.340 e. The van der Waals surface area contributed by atoms with Gasteiger partial charge in [0, 0.05) is 31.1 Å². The molecule has 1 heterocycles. The fraction of sp³-hybridized carbons (Fsp3) is 0.524. The van der Waals surface area contributed by atoms with E-state index in [0.717, 1.165) is 5.39 Å². The first-order valence-electron chi connectivity index (χ1n) is 9.53. The number of hydrogen-bond donors (Lipinski definition) is 0. The van der Waals surface area contributed by atoms with Gasteiger partial charge in [0.1, 0.15) is 0 Å². The Morgan fingerprint density at radius 3 is 2.18 bits per heavy atom. The maximum absolute atomic E-state index is 12.5. The van der Waals surface area contributed by atoms with Crippen molar-refractivity contribution in [2.45, 2.75) is 39.9 Å². The second-order valence-electron chi connectivity index (χ2n) is 5.98. The minimum atomic E-state index is -0.397. The van der Waals surface area contributed by atoms with Gasteiger partial charge in [-0.25, -0.2) is 4.79 Å². The van der Waals surface area contributed by atoms with Crippen LogP contribution in [0.4, 0.5) is 0 Å². The Balaban J connectivity index is 2.44. The van der Waals surface area contributed by atoms with Crippen LogP contribution < -0.4 is 9.47 Å². The molecule has 2 aromatic rings. The normalized spacial score (nSPS) is 11.1. The molecule has 0 atom stereocenters. The van der Waals surface area contributed by atoms with Gasteiger partial charge >= 0.3 is 5.97 Å². The summed E-state index contributed by atoms with van der Waals surface area (Å²) in [5.74, 6) is 0.761. The molecule has 28 heavy (non-hydrogen) atoms. The van der Waals surface area contributed by atoms with Crippen LogP contribution in [0.2, 0.25) is 0 Å². The standard InChI is InChI=1S/C21H29NO6/c1-6-26-20(27-7-2)10-9-16-15(21(23)28-8-3)11-14-12-18(24-4)19(25-5)13-17(14)22-16/h11-13,20H,6-10H2,1-5H3. The molecule has 0 fully saturated rings. The molecule has 0 radical (unpaired) electrons. The number of aromatic nitrogens is 1. The molecule has 0 aliphatic heterocycles. The van der Waals surface area contributed by atoms with Gasteiger partial charge in [0.05, 0.1) is 37.6 Å². The number of fused-ring (bicyclic) bond motifs is 1. The summed E-state index contributed by atoms with van der Waals surface area (Å²) < 4.78 is 27.1. The van der Waals surface area contributed by atoms with Crippen LogP contribution in [0.25, 0.3) is 10.9 Å². The third-order valence-corrected chi connectivity index (χ3v) is 4.22. The van der Waals surface area contributed by atoms with E-state index in [1.54, 1.807) is 39.3 Å². The zero-order valence-corrected chi connectivity index (χ0v) is 17.2. The number of pyridine rings is 1. The molecule has 7 nitrogen and oxygen atoms in total. The molecule has 0 aliphatic rings. The molecular weight excluding hydrogens is 362 g/mol. The quantitative estimate of drug-likeness (QED) is 0.426. The second kappa shape index (κ2) is 10.8. The fourth-order valence-corrected chi connectivity index (χ4v) is 2.96. The highest BCUT2D eigenvalue weighted by Crippen LogP contribution is 2.32. The zero-order valence-electron chi connectivity index (χ0n) is 17.2. The number of methoxy groups -OCH3 is 2. The van der Waals surface area contributed by atoms with Crippen molar-refractivity contribution < 1.29 is 28.5 Å². The second-order valence-corrected chi connectivity index (χ2v) is 5.98. The maximum atomic E-state index is 12.5. The highest BCUT2D eigenvalue weighted by molar-refractivity contribution is 5.96. The SMILES string of the molecule is CCOC(=O)c1cc2cc(OC)c(OC)cc2nc1CCC(OCC)OCC. The van der Waals surface area contributed by atoms with Crippen LogP contribution in [0.3, 0.4) is 0 Å². The lowest BCUT2D eigenvalue weighted by Gasteiger charge is -2.18. The number of esters is 1. The van der Waals surface area contributed by atoms with E-state index < -0.39 is 5.97 Å². The van der Waals surface area contributed by atoms with Crippen LogP contribution in [0, 0.1) is 0 Å². The molecule has 154 valence electrons. The lowest BCUT2D eigenvalue weighted by Crippen LogP contribution is -2.19. The number of carbonyl (C=O) groups is 1. The van der Waals surface area contributed by atoms with Crippen LogP contribution in [0.15, 0.2) is 18.2 Å². The summed E-state index contributed by atoms with van der Waals surface area (Å²) in [6.45, 7) is 7.02. The summed E-state index contributed by atoms with van der Waals surface area (Å²) in [5, 5.41) is 0.774. The number of rotatable bonds is 11. The van der Waals surface area contributed by atoms with Gasteiger partial charge in [0.25, 0.3) is 0 Å². The summed E-state index contributed by atoms with van der Waals surface area (Å²) in [6.07, 6.45) is 0.760. The lowest BCUT2D eigenvalue weighted by molar-refractivity contribution is -0.139. The number of carbonyl (C=O) groups excluding carboxylic acids is 1. The predicted octanol–water partition coefficient (Wildman–Crippen LogP) is 3.76. The summed E-state index contributed by atoms with van der Waals surface area (Å²) in [4.78, 5) is 17.2. The molecule has 0 N–H and O–H groups in total. The van der Waals surface area contributed by atoms with Crippen LogP contribution in [0.5, 0.6) is 11.5 Å². The van der Waals surface area contributed by atoms with Crippen LogP contribution >= 0.6 is 0 Å². The topological polar surface area (TPSA) is 76.1 Å². The van der Waals surface area contributed by atoms with Gasteiger partial charge in [-0.3, -0.25) is 4.98 Å². The minimum Gasteiger partial charge on any atom is -0.493 e. The van der Waals surface area contributed by atoms with E-state index in [9.17, 15) is 4.79 Å². The van der Waals surface area contributed by atoms with Crippen molar-refractivity contribution in [1.82, 2.24) is 4.98 Å². The Bertz CT molecular complexity index is 786. The van der Waals surface area contributed by atoms with Crippen molar-refractivity contribution >= 4 is 16.9 Å². The Kier molecular flexibility index (Phi) is 8.47. The molecule has 0 aliphatic carbocycles. The Morgan fingerprint density at radius 1 is 0.964 bits per heavy atom. The van der Waals surface area contributed by atoms with Crippen molar-refractivity contribution in [3.63, 3.8) is 0 Å². The number of ether oxygens (including phenoxy) is 5. The third-order valence-electron chi connectivity index (χ3n) is 4.22. The first-order chi connectivity index (χ1) is 13.6. The van der Waals surface area contributed by atoms with Crippen LogP contribution in [0.1, 0.15) is 43.2 Å².